The van der Waals surface area contributed by atoms with Crippen molar-refractivity contribution in [3.8, 4) is 11.8 Å². The van der Waals surface area contributed by atoms with Gasteiger partial charge in [-0.15, -0.1) is 5.92 Å². The molecular formula is C27H32N8O3. The van der Waals surface area contributed by atoms with Gasteiger partial charge in [-0.05, 0) is 32.8 Å². The van der Waals surface area contributed by atoms with Crippen LogP contribution in [-0.4, -0.2) is 66.0 Å². The number of fused-ring (bicyclic) bond motifs is 2. The number of anilines is 1. The van der Waals surface area contributed by atoms with E-state index in [0.717, 1.165) is 36.0 Å². The van der Waals surface area contributed by atoms with E-state index in [2.05, 4.69) is 32.0 Å². The number of rotatable bonds is 7. The molecule has 0 aliphatic carbocycles. The van der Waals surface area contributed by atoms with Gasteiger partial charge in [0.05, 0.1) is 25.2 Å². The Morgan fingerprint density at radius 1 is 1.16 bits per heavy atom. The minimum atomic E-state index is -0.476. The lowest BCUT2D eigenvalue weighted by Gasteiger charge is -2.34. The standard InChI is InChI=1S/C27H32N8O3/c1-4-5-14-34-23-24(31-26(34)33-13-8-9-19(16-33)28-12-15-36)32(3)27(38)35(25(23)37)17-22-29-18(2)20-10-6-7-11-21(20)30-22/h6-7,10-11,19,28,36H,8-9,12-17H2,1-3H3/t19-/m1/s1. The monoisotopic (exact) mass is 516 g/mol. The van der Waals surface area contributed by atoms with Crippen LogP contribution in [-0.2, 0) is 20.1 Å². The first-order valence-corrected chi connectivity index (χ1v) is 12.8. The number of aliphatic hydroxyl groups excluding tert-OH is 1. The van der Waals surface area contributed by atoms with Crippen molar-refractivity contribution in [2.75, 3.05) is 31.1 Å². The van der Waals surface area contributed by atoms with E-state index in [1.165, 1.54) is 9.13 Å². The number of nitrogens with zero attached hydrogens (tertiary/aromatic N) is 7. The maximum absolute atomic E-state index is 13.9. The van der Waals surface area contributed by atoms with E-state index in [1.54, 1.807) is 14.0 Å². The number of aromatic nitrogens is 6. The third-order valence-electron chi connectivity index (χ3n) is 7.01. The molecule has 0 unspecified atom stereocenters. The fourth-order valence-electron chi connectivity index (χ4n) is 5.15. The molecule has 0 radical (unpaired) electrons. The maximum atomic E-state index is 13.9. The molecule has 0 saturated carbocycles. The molecule has 1 aliphatic rings. The van der Waals surface area contributed by atoms with Gasteiger partial charge in [-0.1, -0.05) is 24.1 Å². The van der Waals surface area contributed by atoms with Crippen molar-refractivity contribution in [2.45, 2.75) is 45.8 Å². The zero-order chi connectivity index (χ0) is 26.8. The Bertz CT molecular complexity index is 1670. The lowest BCUT2D eigenvalue weighted by Crippen LogP contribution is -2.47. The Balaban J connectivity index is 1.62. The molecule has 38 heavy (non-hydrogen) atoms. The van der Waals surface area contributed by atoms with Gasteiger partial charge < -0.3 is 15.3 Å². The first kappa shape index (κ1) is 25.6. The molecule has 4 heterocycles. The summed E-state index contributed by atoms with van der Waals surface area (Å²) in [5.41, 5.74) is 1.28. The molecule has 11 nitrogen and oxygen atoms in total. The largest absolute Gasteiger partial charge is 0.395 e. The summed E-state index contributed by atoms with van der Waals surface area (Å²) in [7, 11) is 1.63. The van der Waals surface area contributed by atoms with Crippen LogP contribution in [0.4, 0.5) is 5.95 Å². The molecule has 1 aromatic carbocycles. The van der Waals surface area contributed by atoms with E-state index in [0.29, 0.717) is 36.0 Å². The SMILES string of the molecule is CC#CCn1c(N2CCC[C@@H](NCCO)C2)nc2c1c(=O)n(Cc1nc(C)c3ccccc3n1)c(=O)n2C. The van der Waals surface area contributed by atoms with E-state index >= 15 is 0 Å². The van der Waals surface area contributed by atoms with Crippen LogP contribution >= 0.6 is 0 Å². The second kappa shape index (κ2) is 10.8. The molecule has 5 rings (SSSR count). The summed E-state index contributed by atoms with van der Waals surface area (Å²) in [4.78, 5) is 43.4. The number of hydrogen-bond donors (Lipinski definition) is 2. The number of imidazole rings is 1. The Morgan fingerprint density at radius 3 is 2.76 bits per heavy atom. The van der Waals surface area contributed by atoms with E-state index in [9.17, 15) is 14.7 Å². The number of para-hydroxylation sites is 1. The van der Waals surface area contributed by atoms with Gasteiger partial charge in [-0.25, -0.2) is 14.8 Å². The van der Waals surface area contributed by atoms with Crippen molar-refractivity contribution in [3.05, 3.63) is 56.6 Å². The Morgan fingerprint density at radius 2 is 1.97 bits per heavy atom. The van der Waals surface area contributed by atoms with Crippen LogP contribution in [0.3, 0.4) is 0 Å². The number of aryl methyl sites for hydroxylation is 2. The molecule has 198 valence electrons. The first-order chi connectivity index (χ1) is 18.4. The molecule has 1 fully saturated rings. The summed E-state index contributed by atoms with van der Waals surface area (Å²) in [6.45, 7) is 5.90. The van der Waals surface area contributed by atoms with Crippen molar-refractivity contribution in [2.24, 2.45) is 7.05 Å². The molecule has 2 N–H and O–H groups in total. The quantitative estimate of drug-likeness (QED) is 0.346. The van der Waals surface area contributed by atoms with Gasteiger partial charge in [-0.2, -0.15) is 4.98 Å². The third-order valence-corrected chi connectivity index (χ3v) is 7.01. The third kappa shape index (κ3) is 4.68. The molecule has 11 heteroatoms. The highest BCUT2D eigenvalue weighted by Gasteiger charge is 2.27. The lowest BCUT2D eigenvalue weighted by molar-refractivity contribution is 0.278. The van der Waals surface area contributed by atoms with E-state index in [4.69, 9.17) is 4.98 Å². The van der Waals surface area contributed by atoms with Crippen molar-refractivity contribution in [1.82, 2.24) is 34.0 Å². The molecular weight excluding hydrogens is 484 g/mol. The molecule has 4 aromatic rings. The second-order valence-corrected chi connectivity index (χ2v) is 9.54. The van der Waals surface area contributed by atoms with Crippen LogP contribution in [0.2, 0.25) is 0 Å². The molecule has 1 atom stereocenters. The number of nitrogens with one attached hydrogen (secondary N) is 1. The van der Waals surface area contributed by atoms with Gasteiger partial charge in [-0.3, -0.25) is 18.5 Å². The van der Waals surface area contributed by atoms with Crippen LogP contribution in [0.25, 0.3) is 22.1 Å². The zero-order valence-corrected chi connectivity index (χ0v) is 21.9. The molecule has 0 spiro atoms. The fraction of sp³-hybridized carbons (Fsp3) is 0.444. The normalized spacial score (nSPS) is 15.7. The lowest BCUT2D eigenvalue weighted by atomic mass is 10.1. The highest BCUT2D eigenvalue weighted by molar-refractivity contribution is 5.80. The van der Waals surface area contributed by atoms with Crippen LogP contribution in [0.1, 0.15) is 31.3 Å². The van der Waals surface area contributed by atoms with Crippen LogP contribution in [0.15, 0.2) is 33.9 Å². The van der Waals surface area contributed by atoms with Crippen molar-refractivity contribution in [1.29, 1.82) is 0 Å². The minimum absolute atomic E-state index is 0.0516. The smallest absolute Gasteiger partial charge is 0.332 e. The minimum Gasteiger partial charge on any atom is -0.395 e. The molecule has 1 aliphatic heterocycles. The Hall–Kier alpha value is -4.01. The van der Waals surface area contributed by atoms with Gasteiger partial charge in [0.1, 0.15) is 5.82 Å². The van der Waals surface area contributed by atoms with Crippen molar-refractivity contribution < 1.29 is 5.11 Å². The number of benzene rings is 1. The van der Waals surface area contributed by atoms with E-state index in [-0.39, 0.29) is 25.7 Å². The average Bonchev–Trinajstić information content (AvgIpc) is 3.32. The fourth-order valence-corrected chi connectivity index (χ4v) is 5.15. The number of aliphatic hydroxyl groups is 1. The molecule has 3 aromatic heterocycles. The summed E-state index contributed by atoms with van der Waals surface area (Å²) < 4.78 is 4.40. The van der Waals surface area contributed by atoms with Crippen LogP contribution in [0, 0.1) is 18.8 Å². The van der Waals surface area contributed by atoms with Gasteiger partial charge in [0.15, 0.2) is 11.2 Å². The molecule has 0 bridgehead atoms. The summed E-state index contributed by atoms with van der Waals surface area (Å²) in [5.74, 6) is 6.98. The summed E-state index contributed by atoms with van der Waals surface area (Å²) in [6, 6.07) is 7.86. The van der Waals surface area contributed by atoms with Crippen molar-refractivity contribution >= 4 is 28.0 Å². The maximum Gasteiger partial charge on any atom is 0.332 e. The summed E-state index contributed by atoms with van der Waals surface area (Å²) in [5, 5.41) is 13.5. The average molecular weight is 517 g/mol. The molecule has 1 saturated heterocycles. The van der Waals surface area contributed by atoms with Crippen LogP contribution in [0.5, 0.6) is 0 Å². The van der Waals surface area contributed by atoms with Crippen molar-refractivity contribution in [3.63, 3.8) is 0 Å². The van der Waals surface area contributed by atoms with Gasteiger partial charge >= 0.3 is 5.69 Å². The molecule has 0 amide bonds. The summed E-state index contributed by atoms with van der Waals surface area (Å²) >= 11 is 0. The topological polar surface area (TPSA) is 123 Å². The zero-order valence-electron chi connectivity index (χ0n) is 21.9. The highest BCUT2D eigenvalue weighted by Crippen LogP contribution is 2.23. The van der Waals surface area contributed by atoms with Gasteiger partial charge in [0, 0.05) is 43.8 Å². The Labute approximate surface area is 219 Å². The van der Waals surface area contributed by atoms with Crippen LogP contribution < -0.4 is 21.5 Å². The predicted octanol–water partition coefficient (Wildman–Crippen LogP) is 0.771. The number of piperidine rings is 1. The van der Waals surface area contributed by atoms with E-state index < -0.39 is 11.2 Å². The van der Waals surface area contributed by atoms with E-state index in [1.807, 2.05) is 35.8 Å². The summed E-state index contributed by atoms with van der Waals surface area (Å²) in [6.07, 6.45) is 1.93. The predicted molar refractivity (Wildman–Crippen MR) is 146 cm³/mol. The van der Waals surface area contributed by atoms with Gasteiger partial charge in [0.25, 0.3) is 5.56 Å². The van der Waals surface area contributed by atoms with Gasteiger partial charge in [0.2, 0.25) is 5.95 Å². The number of hydrogen-bond acceptors (Lipinski definition) is 8. The highest BCUT2D eigenvalue weighted by atomic mass is 16.3. The second-order valence-electron chi connectivity index (χ2n) is 9.54. The Kier molecular flexibility index (Phi) is 7.26. The first-order valence-electron chi connectivity index (χ1n) is 12.8.